The van der Waals surface area contributed by atoms with Crippen LogP contribution in [0, 0.1) is 29.6 Å². The quantitative estimate of drug-likeness (QED) is 0.214. The Balaban J connectivity index is 1.62. The number of nitrogens with one attached hydrogen (secondary N) is 1. The molecule has 1 fully saturated rings. The standard InChI is InChI=1S/C32H36ClN3O2S/c1-5-23(12-10-21(2)19-34)27-18-22(11-17-28(27)38-4)20-36(25-15-13-24(35-3)14-16-25)32(37)31-30(33)26-8-6-7-9-29(26)39-31/h1,6,8,10-12,17,22,24-25,35H,7,9,13-16,18,20H2,2-4H3/b21-10+,23-12+. The van der Waals surface area contributed by atoms with Crippen LogP contribution in [-0.2, 0) is 11.2 Å². The van der Waals surface area contributed by atoms with Gasteiger partial charge in [-0.05, 0) is 83.1 Å². The Bertz CT molecular complexity index is 1330. The van der Waals surface area contributed by atoms with E-state index in [1.165, 1.54) is 4.88 Å². The van der Waals surface area contributed by atoms with Crippen LogP contribution in [0.25, 0.3) is 6.08 Å². The fourth-order valence-electron chi connectivity index (χ4n) is 5.63. The van der Waals surface area contributed by atoms with Crippen LogP contribution in [0.1, 0.15) is 65.6 Å². The number of terminal acetylenes is 1. The summed E-state index contributed by atoms with van der Waals surface area (Å²) in [6, 6.07) is 2.77. The Morgan fingerprint density at radius 3 is 2.72 bits per heavy atom. The molecule has 1 aromatic heterocycles. The van der Waals surface area contributed by atoms with E-state index in [0.717, 1.165) is 49.7 Å². The molecule has 0 aromatic carbocycles. The number of nitriles is 1. The van der Waals surface area contributed by atoms with Gasteiger partial charge in [0.25, 0.3) is 5.91 Å². The summed E-state index contributed by atoms with van der Waals surface area (Å²) in [5.41, 5.74) is 3.18. The number of nitrogens with zero attached hydrogens (tertiary/aromatic N) is 2. The minimum atomic E-state index is 0.0254. The van der Waals surface area contributed by atoms with Crippen LogP contribution in [0.3, 0.4) is 0 Å². The SMILES string of the molecule is C#C/C(=C\C=C(/C)C#N)C1=C(OC)C=CC(CN(C(=O)c2sc3c(c2Cl)C=CCC3)C2CCC(NC)CC2)C1. The Hall–Kier alpha value is -3.03. The van der Waals surface area contributed by atoms with E-state index in [-0.39, 0.29) is 17.9 Å². The van der Waals surface area contributed by atoms with Crippen molar-refractivity contribution in [1.29, 1.82) is 5.26 Å². The van der Waals surface area contributed by atoms with Gasteiger partial charge >= 0.3 is 0 Å². The first kappa shape index (κ1) is 29.0. The van der Waals surface area contributed by atoms with Crippen molar-refractivity contribution in [3.05, 3.63) is 73.2 Å². The van der Waals surface area contributed by atoms with Crippen molar-refractivity contribution >= 4 is 34.9 Å². The molecule has 1 heterocycles. The van der Waals surface area contributed by atoms with Crippen LogP contribution >= 0.6 is 22.9 Å². The molecule has 39 heavy (non-hydrogen) atoms. The lowest BCUT2D eigenvalue weighted by atomic mass is 9.86. The summed E-state index contributed by atoms with van der Waals surface area (Å²) >= 11 is 8.36. The van der Waals surface area contributed by atoms with Gasteiger partial charge in [-0.25, -0.2) is 0 Å². The molecule has 0 bridgehead atoms. The molecule has 5 nitrogen and oxygen atoms in total. The van der Waals surface area contributed by atoms with Crippen molar-refractivity contribution in [2.45, 2.75) is 64.0 Å². The smallest absolute Gasteiger partial charge is 0.265 e. The number of carbonyl (C=O) groups is 1. The van der Waals surface area contributed by atoms with Gasteiger partial charge in [0.1, 0.15) is 10.6 Å². The van der Waals surface area contributed by atoms with E-state index in [9.17, 15) is 4.79 Å². The van der Waals surface area contributed by atoms with Crippen LogP contribution in [-0.4, -0.2) is 43.6 Å². The van der Waals surface area contributed by atoms with Crippen molar-refractivity contribution in [1.82, 2.24) is 10.2 Å². The van der Waals surface area contributed by atoms with Gasteiger partial charge in [-0.1, -0.05) is 35.7 Å². The van der Waals surface area contributed by atoms with Crippen molar-refractivity contribution in [3.63, 3.8) is 0 Å². The minimum Gasteiger partial charge on any atom is -0.496 e. The second-order valence-electron chi connectivity index (χ2n) is 10.3. The Morgan fingerprint density at radius 2 is 2.08 bits per heavy atom. The van der Waals surface area contributed by atoms with Gasteiger partial charge in [-0.2, -0.15) is 5.26 Å². The van der Waals surface area contributed by atoms with Gasteiger partial charge in [0.05, 0.1) is 18.2 Å². The monoisotopic (exact) mass is 561 g/mol. The summed E-state index contributed by atoms with van der Waals surface area (Å²) in [7, 11) is 3.64. The average Bonchev–Trinajstić information content (AvgIpc) is 3.32. The van der Waals surface area contributed by atoms with Gasteiger partial charge in [-0.15, -0.1) is 17.8 Å². The molecular formula is C32H36ClN3O2S. The Kier molecular flexibility index (Phi) is 9.92. The molecule has 0 aliphatic heterocycles. The van der Waals surface area contributed by atoms with Gasteiger partial charge < -0.3 is 15.0 Å². The number of amides is 1. The van der Waals surface area contributed by atoms with Gasteiger partial charge in [0, 0.05) is 45.8 Å². The predicted octanol–water partition coefficient (Wildman–Crippen LogP) is 6.84. The average molecular weight is 562 g/mol. The number of hydrogen-bond donors (Lipinski definition) is 1. The number of carbonyl (C=O) groups excluding carboxylic acids is 1. The molecule has 0 spiro atoms. The van der Waals surface area contributed by atoms with Crippen molar-refractivity contribution in [2.75, 3.05) is 20.7 Å². The van der Waals surface area contributed by atoms with Crippen molar-refractivity contribution in [3.8, 4) is 18.4 Å². The zero-order valence-electron chi connectivity index (χ0n) is 22.9. The highest BCUT2D eigenvalue weighted by molar-refractivity contribution is 7.15. The predicted molar refractivity (Wildman–Crippen MR) is 160 cm³/mol. The maximum atomic E-state index is 14.2. The fraction of sp³-hybridized carbons (Fsp3) is 0.438. The van der Waals surface area contributed by atoms with Gasteiger partial charge in [0.2, 0.25) is 0 Å². The van der Waals surface area contributed by atoms with E-state index in [1.54, 1.807) is 37.5 Å². The van der Waals surface area contributed by atoms with E-state index < -0.39 is 0 Å². The maximum absolute atomic E-state index is 14.2. The molecule has 3 aliphatic carbocycles. The molecule has 1 aromatic rings. The molecule has 1 amide bonds. The third-order valence-electron chi connectivity index (χ3n) is 7.88. The Morgan fingerprint density at radius 1 is 1.31 bits per heavy atom. The largest absolute Gasteiger partial charge is 0.496 e. The highest BCUT2D eigenvalue weighted by Crippen LogP contribution is 2.39. The number of methoxy groups -OCH3 is 1. The van der Waals surface area contributed by atoms with E-state index in [2.05, 4.69) is 40.4 Å². The number of rotatable bonds is 8. The second-order valence-corrected chi connectivity index (χ2v) is 11.8. The molecule has 0 saturated heterocycles. The molecule has 1 N–H and O–H groups in total. The van der Waals surface area contributed by atoms with Gasteiger partial charge in [-0.3, -0.25) is 4.79 Å². The number of hydrogen-bond acceptors (Lipinski definition) is 5. The van der Waals surface area contributed by atoms with Crippen LogP contribution < -0.4 is 5.32 Å². The summed E-state index contributed by atoms with van der Waals surface area (Å²) in [5.74, 6) is 3.58. The third kappa shape index (κ3) is 6.59. The first-order valence-electron chi connectivity index (χ1n) is 13.6. The molecule has 0 radical (unpaired) electrons. The normalized spacial score (nSPS) is 23.2. The summed E-state index contributed by atoms with van der Waals surface area (Å²) < 4.78 is 5.65. The first-order valence-corrected chi connectivity index (χ1v) is 14.8. The number of ether oxygens (including phenoxy) is 1. The highest BCUT2D eigenvalue weighted by atomic mass is 35.5. The van der Waals surface area contributed by atoms with E-state index >= 15 is 0 Å². The fourth-order valence-corrected chi connectivity index (χ4v) is 7.21. The van der Waals surface area contributed by atoms with E-state index in [0.29, 0.717) is 45.8 Å². The van der Waals surface area contributed by atoms with Crippen molar-refractivity contribution in [2.24, 2.45) is 5.92 Å². The summed E-state index contributed by atoms with van der Waals surface area (Å²) in [6.07, 6.45) is 24.2. The second kappa shape index (κ2) is 13.4. The van der Waals surface area contributed by atoms with Crippen LogP contribution in [0.15, 0.2) is 52.9 Å². The lowest BCUT2D eigenvalue weighted by Crippen LogP contribution is -2.46. The van der Waals surface area contributed by atoms with Crippen LogP contribution in [0.2, 0.25) is 5.02 Å². The summed E-state index contributed by atoms with van der Waals surface area (Å²) in [5, 5.41) is 13.1. The summed E-state index contributed by atoms with van der Waals surface area (Å²) in [4.78, 5) is 18.1. The molecule has 3 aliphatic rings. The molecule has 204 valence electrons. The maximum Gasteiger partial charge on any atom is 0.265 e. The number of allylic oxidation sites excluding steroid dienone is 7. The lowest BCUT2D eigenvalue weighted by molar-refractivity contribution is 0.0599. The summed E-state index contributed by atoms with van der Waals surface area (Å²) in [6.45, 7) is 2.32. The van der Waals surface area contributed by atoms with E-state index in [1.807, 2.05) is 13.1 Å². The number of halogens is 1. The Labute approximate surface area is 241 Å². The molecule has 4 rings (SSSR count). The van der Waals surface area contributed by atoms with E-state index in [4.69, 9.17) is 28.0 Å². The number of aryl methyl sites for hydroxylation is 1. The van der Waals surface area contributed by atoms with Gasteiger partial charge in [0.15, 0.2) is 0 Å². The van der Waals surface area contributed by atoms with Crippen LogP contribution in [0.5, 0.6) is 0 Å². The highest BCUT2D eigenvalue weighted by Gasteiger charge is 2.34. The number of fused-ring (bicyclic) bond motifs is 1. The topological polar surface area (TPSA) is 65.4 Å². The minimum absolute atomic E-state index is 0.0254. The first-order chi connectivity index (χ1) is 18.9. The zero-order chi connectivity index (χ0) is 27.9. The van der Waals surface area contributed by atoms with Crippen LogP contribution in [0.4, 0.5) is 0 Å². The molecular weight excluding hydrogens is 526 g/mol. The lowest BCUT2D eigenvalue weighted by Gasteiger charge is -2.39. The molecule has 7 heteroatoms. The molecule has 1 saturated carbocycles. The van der Waals surface area contributed by atoms with Crippen molar-refractivity contribution < 1.29 is 9.53 Å². The molecule has 1 atom stereocenters. The zero-order valence-corrected chi connectivity index (χ0v) is 24.5. The molecule has 1 unspecified atom stereocenters. The third-order valence-corrected chi connectivity index (χ3v) is 9.63. The number of thiophene rings is 1.